The molecule has 3 aromatic rings. The molecule has 12 heteroatoms. The van der Waals surface area contributed by atoms with Gasteiger partial charge in [-0.3, -0.25) is 0 Å². The number of anilines is 1. The van der Waals surface area contributed by atoms with Crippen LogP contribution in [0.2, 0.25) is 0 Å². The minimum Gasteiger partial charge on any atom is -0.493 e. The maximum absolute atomic E-state index is 12.1. The number of aromatic nitrogens is 4. The summed E-state index contributed by atoms with van der Waals surface area (Å²) in [7, 11) is -0.381. The molecule has 1 aliphatic carbocycles. The van der Waals surface area contributed by atoms with Gasteiger partial charge in [-0.2, -0.15) is 27.5 Å². The van der Waals surface area contributed by atoms with E-state index in [1.54, 1.807) is 23.1 Å². The Labute approximate surface area is 199 Å². The normalized spacial score (nSPS) is 18.9. The predicted octanol–water partition coefficient (Wildman–Crippen LogP) is 1.70. The Morgan fingerprint density at radius 1 is 1.18 bits per heavy atom. The molecule has 1 fully saturated rings. The van der Waals surface area contributed by atoms with Crippen molar-refractivity contribution in [3.05, 3.63) is 36.7 Å². The third-order valence-corrected chi connectivity index (χ3v) is 7.44. The SMILES string of the molecule is CN(C)S(=O)(=O)NC1CCC(Nc2nccc(-n3ncc4c(OCCCO)cccc43)n2)CC1. The molecule has 2 aromatic heterocycles. The van der Waals surface area contributed by atoms with Crippen molar-refractivity contribution in [1.82, 2.24) is 28.8 Å². The summed E-state index contributed by atoms with van der Waals surface area (Å²) in [5.41, 5.74) is 0.861. The molecule has 0 unspecified atom stereocenters. The van der Waals surface area contributed by atoms with Crippen molar-refractivity contribution in [2.24, 2.45) is 0 Å². The molecule has 1 aliphatic rings. The monoisotopic (exact) mass is 489 g/mol. The number of fused-ring (bicyclic) bond motifs is 1. The number of rotatable bonds is 10. The predicted molar refractivity (Wildman–Crippen MR) is 129 cm³/mol. The molecule has 1 aromatic carbocycles. The summed E-state index contributed by atoms with van der Waals surface area (Å²) < 4.78 is 35.6. The fourth-order valence-electron chi connectivity index (χ4n) is 3.97. The first-order valence-electron chi connectivity index (χ1n) is 11.4. The molecule has 0 saturated heterocycles. The second-order valence-electron chi connectivity index (χ2n) is 8.51. The number of hydrogen-bond acceptors (Lipinski definition) is 8. The number of ether oxygens (including phenoxy) is 1. The molecule has 11 nitrogen and oxygen atoms in total. The van der Waals surface area contributed by atoms with Crippen LogP contribution in [0.1, 0.15) is 32.1 Å². The van der Waals surface area contributed by atoms with Gasteiger partial charge in [0.2, 0.25) is 5.95 Å². The summed E-state index contributed by atoms with van der Waals surface area (Å²) in [4.78, 5) is 9.02. The summed E-state index contributed by atoms with van der Waals surface area (Å²) >= 11 is 0. The maximum atomic E-state index is 12.1. The van der Waals surface area contributed by atoms with E-state index in [1.165, 1.54) is 18.4 Å². The molecule has 34 heavy (non-hydrogen) atoms. The van der Waals surface area contributed by atoms with Crippen LogP contribution < -0.4 is 14.8 Å². The summed E-state index contributed by atoms with van der Waals surface area (Å²) in [6.07, 6.45) is 7.11. The molecule has 0 radical (unpaired) electrons. The van der Waals surface area contributed by atoms with Gasteiger partial charge in [0.1, 0.15) is 5.75 Å². The summed E-state index contributed by atoms with van der Waals surface area (Å²) in [5.74, 6) is 1.85. The minimum atomic E-state index is -3.42. The standard InChI is InChI=1S/C22H31N7O4S/c1-28(2)34(31,32)27-17-9-7-16(8-10-17)25-22-23-12-11-21(26-22)29-19-5-3-6-20(18(19)15-24-29)33-14-4-13-30/h3,5-6,11-12,15-17,27,30H,4,7-10,13-14H2,1-2H3,(H,23,25,26). The van der Waals surface area contributed by atoms with E-state index in [4.69, 9.17) is 9.84 Å². The lowest BCUT2D eigenvalue weighted by Gasteiger charge is -2.30. The molecule has 0 spiro atoms. The third kappa shape index (κ3) is 5.63. The highest BCUT2D eigenvalue weighted by molar-refractivity contribution is 7.87. The molecular formula is C22H31N7O4S. The van der Waals surface area contributed by atoms with Crippen LogP contribution in [-0.2, 0) is 10.2 Å². The number of nitrogens with one attached hydrogen (secondary N) is 2. The molecule has 0 aliphatic heterocycles. The van der Waals surface area contributed by atoms with Crippen molar-refractivity contribution in [1.29, 1.82) is 0 Å². The Kier molecular flexibility index (Phi) is 7.61. The van der Waals surface area contributed by atoms with E-state index in [0.717, 1.165) is 36.6 Å². The summed E-state index contributed by atoms with van der Waals surface area (Å²) in [6, 6.07) is 7.63. The van der Waals surface area contributed by atoms with E-state index in [0.29, 0.717) is 30.5 Å². The Morgan fingerprint density at radius 2 is 1.94 bits per heavy atom. The zero-order valence-electron chi connectivity index (χ0n) is 19.4. The van der Waals surface area contributed by atoms with Crippen LogP contribution >= 0.6 is 0 Å². The first kappa shape index (κ1) is 24.3. The zero-order chi connectivity index (χ0) is 24.1. The van der Waals surface area contributed by atoms with Crippen molar-refractivity contribution in [3.8, 4) is 11.6 Å². The number of aliphatic hydroxyl groups excluding tert-OH is 1. The van der Waals surface area contributed by atoms with Crippen molar-refractivity contribution in [2.75, 3.05) is 32.6 Å². The molecule has 184 valence electrons. The lowest BCUT2D eigenvalue weighted by Crippen LogP contribution is -2.44. The Bertz CT molecular complexity index is 1210. The first-order chi connectivity index (χ1) is 16.4. The molecule has 2 heterocycles. The Morgan fingerprint density at radius 3 is 2.68 bits per heavy atom. The van der Waals surface area contributed by atoms with Gasteiger partial charge in [0.25, 0.3) is 10.2 Å². The van der Waals surface area contributed by atoms with Gasteiger partial charge in [-0.1, -0.05) is 6.07 Å². The van der Waals surface area contributed by atoms with E-state index >= 15 is 0 Å². The average Bonchev–Trinajstić information content (AvgIpc) is 3.26. The summed E-state index contributed by atoms with van der Waals surface area (Å²) in [6.45, 7) is 0.514. The van der Waals surface area contributed by atoms with Gasteiger partial charge in [-0.25, -0.2) is 9.67 Å². The van der Waals surface area contributed by atoms with E-state index in [-0.39, 0.29) is 18.7 Å². The van der Waals surface area contributed by atoms with E-state index < -0.39 is 10.2 Å². The quantitative estimate of drug-likeness (QED) is 0.366. The van der Waals surface area contributed by atoms with Crippen LogP contribution in [0.4, 0.5) is 5.95 Å². The van der Waals surface area contributed by atoms with Crippen molar-refractivity contribution >= 4 is 27.1 Å². The van der Waals surface area contributed by atoms with Crippen LogP contribution in [0.3, 0.4) is 0 Å². The van der Waals surface area contributed by atoms with Gasteiger partial charge < -0.3 is 15.2 Å². The number of benzene rings is 1. The minimum absolute atomic E-state index is 0.0677. The molecule has 1 saturated carbocycles. The van der Waals surface area contributed by atoms with E-state index in [1.807, 2.05) is 18.2 Å². The molecule has 0 atom stereocenters. The van der Waals surface area contributed by atoms with E-state index in [2.05, 4.69) is 25.1 Å². The van der Waals surface area contributed by atoms with Gasteiger partial charge in [0.05, 0.1) is 23.7 Å². The fraction of sp³-hybridized carbons (Fsp3) is 0.500. The Hall–Kier alpha value is -2.80. The smallest absolute Gasteiger partial charge is 0.279 e. The van der Waals surface area contributed by atoms with Crippen LogP contribution in [0, 0.1) is 0 Å². The molecule has 0 amide bonds. The molecule has 3 N–H and O–H groups in total. The zero-order valence-corrected chi connectivity index (χ0v) is 20.2. The van der Waals surface area contributed by atoms with Crippen molar-refractivity contribution in [3.63, 3.8) is 0 Å². The van der Waals surface area contributed by atoms with Gasteiger partial charge in [-0.15, -0.1) is 0 Å². The lowest BCUT2D eigenvalue weighted by molar-refractivity contribution is 0.235. The molecule has 4 rings (SSSR count). The summed E-state index contributed by atoms with van der Waals surface area (Å²) in [5, 5.41) is 17.7. The van der Waals surface area contributed by atoms with Crippen LogP contribution in [0.5, 0.6) is 5.75 Å². The first-order valence-corrected chi connectivity index (χ1v) is 12.8. The number of aliphatic hydroxyl groups is 1. The topological polar surface area (TPSA) is 135 Å². The largest absolute Gasteiger partial charge is 0.493 e. The highest BCUT2D eigenvalue weighted by Crippen LogP contribution is 2.27. The molecule has 0 bridgehead atoms. The maximum Gasteiger partial charge on any atom is 0.279 e. The highest BCUT2D eigenvalue weighted by Gasteiger charge is 2.26. The number of hydrogen-bond donors (Lipinski definition) is 3. The van der Waals surface area contributed by atoms with Gasteiger partial charge in [0, 0.05) is 51.5 Å². The van der Waals surface area contributed by atoms with Gasteiger partial charge >= 0.3 is 0 Å². The number of nitrogens with zero attached hydrogens (tertiary/aromatic N) is 5. The fourth-order valence-corrected chi connectivity index (χ4v) is 4.84. The third-order valence-electron chi connectivity index (χ3n) is 5.85. The highest BCUT2D eigenvalue weighted by atomic mass is 32.2. The van der Waals surface area contributed by atoms with Gasteiger partial charge in [0.15, 0.2) is 5.82 Å². The van der Waals surface area contributed by atoms with Crippen molar-refractivity contribution < 1.29 is 18.3 Å². The van der Waals surface area contributed by atoms with Crippen LogP contribution in [0.25, 0.3) is 16.7 Å². The Balaban J connectivity index is 1.42. The lowest BCUT2D eigenvalue weighted by atomic mass is 9.92. The van der Waals surface area contributed by atoms with Gasteiger partial charge in [-0.05, 0) is 37.8 Å². The molecular weight excluding hydrogens is 458 g/mol. The van der Waals surface area contributed by atoms with Crippen LogP contribution in [-0.4, -0.2) is 77.0 Å². The van der Waals surface area contributed by atoms with E-state index in [9.17, 15) is 8.42 Å². The average molecular weight is 490 g/mol. The second-order valence-corrected chi connectivity index (χ2v) is 10.4. The van der Waals surface area contributed by atoms with Crippen LogP contribution in [0.15, 0.2) is 36.7 Å². The second kappa shape index (κ2) is 10.6. The van der Waals surface area contributed by atoms with Crippen molar-refractivity contribution in [2.45, 2.75) is 44.2 Å².